The molecule has 1 fully saturated rings. The average molecular weight is 390 g/mol. The first kappa shape index (κ1) is 19.0. The Hall–Kier alpha value is -2.78. The molecule has 2 aromatic rings. The summed E-state index contributed by atoms with van der Waals surface area (Å²) in [6.07, 6.45) is 1.65. The van der Waals surface area contributed by atoms with Crippen LogP contribution in [0.15, 0.2) is 53.4 Å². The number of nitrogens with zero attached hydrogens (tertiary/aromatic N) is 2. The number of rotatable bonds is 6. The lowest BCUT2D eigenvalue weighted by Crippen LogP contribution is -2.28. The first-order chi connectivity index (χ1) is 12.9. The smallest absolute Gasteiger partial charge is 0.338 e. The van der Waals surface area contributed by atoms with E-state index in [4.69, 9.17) is 4.74 Å². The molecule has 0 atom stereocenters. The normalized spacial score (nSPS) is 14.8. The van der Waals surface area contributed by atoms with Crippen LogP contribution in [0.3, 0.4) is 0 Å². The van der Waals surface area contributed by atoms with Crippen molar-refractivity contribution in [2.45, 2.75) is 24.3 Å². The Morgan fingerprint density at radius 2 is 1.81 bits per heavy atom. The Balaban J connectivity index is 1.72. The summed E-state index contributed by atoms with van der Waals surface area (Å²) in [6, 6.07) is 11.5. The van der Waals surface area contributed by atoms with Gasteiger partial charge >= 0.3 is 5.97 Å². The summed E-state index contributed by atoms with van der Waals surface area (Å²) < 4.78 is 31.8. The minimum Gasteiger partial charge on any atom is -0.457 e. The number of nitro groups is 1. The molecular weight excluding hydrogens is 372 g/mol. The molecule has 0 unspecified atom stereocenters. The molecule has 0 bridgehead atoms. The van der Waals surface area contributed by atoms with Crippen LogP contribution >= 0.6 is 0 Å². The predicted molar refractivity (Wildman–Crippen MR) is 96.7 cm³/mol. The van der Waals surface area contributed by atoms with Crippen molar-refractivity contribution in [3.63, 3.8) is 0 Å². The fourth-order valence-corrected chi connectivity index (χ4v) is 4.42. The molecular formula is C18H18N2O6S. The van der Waals surface area contributed by atoms with Crippen molar-refractivity contribution in [3.05, 3.63) is 69.8 Å². The molecule has 1 saturated heterocycles. The van der Waals surface area contributed by atoms with Crippen LogP contribution in [0, 0.1) is 10.1 Å². The first-order valence-electron chi connectivity index (χ1n) is 8.38. The molecule has 1 aliphatic rings. The van der Waals surface area contributed by atoms with Crippen molar-refractivity contribution in [2.24, 2.45) is 0 Å². The minimum atomic E-state index is -3.63. The molecule has 0 N–H and O–H groups in total. The maximum absolute atomic E-state index is 12.6. The van der Waals surface area contributed by atoms with Crippen LogP contribution in [0.4, 0.5) is 5.69 Å². The number of carbonyl (C=O) groups is 1. The van der Waals surface area contributed by atoms with Crippen molar-refractivity contribution in [1.29, 1.82) is 0 Å². The average Bonchev–Trinajstić information content (AvgIpc) is 3.22. The number of esters is 1. The molecule has 0 amide bonds. The van der Waals surface area contributed by atoms with E-state index in [-0.39, 0.29) is 22.8 Å². The van der Waals surface area contributed by atoms with E-state index < -0.39 is 20.9 Å². The van der Waals surface area contributed by atoms with E-state index in [0.717, 1.165) is 12.8 Å². The topological polar surface area (TPSA) is 107 Å². The third kappa shape index (κ3) is 4.32. The largest absolute Gasteiger partial charge is 0.457 e. The highest BCUT2D eigenvalue weighted by molar-refractivity contribution is 7.89. The van der Waals surface area contributed by atoms with Gasteiger partial charge in [-0.3, -0.25) is 10.1 Å². The lowest BCUT2D eigenvalue weighted by Gasteiger charge is -2.15. The van der Waals surface area contributed by atoms with Crippen molar-refractivity contribution < 1.29 is 22.9 Å². The quantitative estimate of drug-likeness (QED) is 0.426. The van der Waals surface area contributed by atoms with Gasteiger partial charge in [0.05, 0.1) is 15.4 Å². The number of carbonyl (C=O) groups excluding carboxylic acids is 1. The monoisotopic (exact) mass is 390 g/mol. The molecule has 1 heterocycles. The van der Waals surface area contributed by atoms with Gasteiger partial charge in [-0.15, -0.1) is 0 Å². The molecule has 8 nitrogen and oxygen atoms in total. The highest BCUT2D eigenvalue weighted by Crippen LogP contribution is 2.22. The molecule has 3 rings (SSSR count). The van der Waals surface area contributed by atoms with Crippen LogP contribution in [0.1, 0.15) is 28.8 Å². The van der Waals surface area contributed by atoms with Gasteiger partial charge in [-0.25, -0.2) is 13.2 Å². The summed E-state index contributed by atoms with van der Waals surface area (Å²) in [7, 11) is -3.63. The van der Waals surface area contributed by atoms with Crippen molar-refractivity contribution in [3.8, 4) is 0 Å². The van der Waals surface area contributed by atoms with E-state index in [2.05, 4.69) is 0 Å². The second kappa shape index (κ2) is 7.85. The maximum Gasteiger partial charge on any atom is 0.338 e. The van der Waals surface area contributed by atoms with Gasteiger partial charge in [0, 0.05) is 25.2 Å². The molecule has 0 radical (unpaired) electrons. The standard InChI is InChI=1S/C18H18N2O6S/c21-18(26-13-14-5-3-7-16(11-14)20(22)23)15-6-4-8-17(12-15)27(24,25)19-9-1-2-10-19/h3-8,11-12H,1-2,9-10,13H2. The summed E-state index contributed by atoms with van der Waals surface area (Å²) >= 11 is 0. The molecule has 0 aliphatic carbocycles. The van der Waals surface area contributed by atoms with Gasteiger partial charge in [-0.05, 0) is 36.6 Å². The van der Waals surface area contributed by atoms with Crippen LogP contribution in [0.2, 0.25) is 0 Å². The molecule has 1 aliphatic heterocycles. The highest BCUT2D eigenvalue weighted by Gasteiger charge is 2.27. The van der Waals surface area contributed by atoms with E-state index in [0.29, 0.717) is 18.7 Å². The second-order valence-electron chi connectivity index (χ2n) is 6.14. The summed E-state index contributed by atoms with van der Waals surface area (Å²) in [6.45, 7) is 0.803. The van der Waals surface area contributed by atoms with E-state index in [9.17, 15) is 23.3 Å². The van der Waals surface area contributed by atoms with E-state index in [1.165, 1.54) is 46.8 Å². The zero-order valence-corrected chi connectivity index (χ0v) is 15.2. The van der Waals surface area contributed by atoms with Gasteiger partial charge in [-0.2, -0.15) is 4.31 Å². The summed E-state index contributed by atoms with van der Waals surface area (Å²) in [5, 5.41) is 10.8. The SMILES string of the molecule is O=C(OCc1cccc([N+](=O)[O-])c1)c1cccc(S(=O)(=O)N2CCCC2)c1. The Morgan fingerprint density at radius 3 is 2.52 bits per heavy atom. The van der Waals surface area contributed by atoms with Gasteiger partial charge < -0.3 is 4.74 Å². The van der Waals surface area contributed by atoms with Crippen molar-refractivity contribution >= 4 is 21.7 Å². The van der Waals surface area contributed by atoms with Crippen LogP contribution in [-0.4, -0.2) is 36.7 Å². The van der Waals surface area contributed by atoms with E-state index in [1.54, 1.807) is 6.07 Å². The summed E-state index contributed by atoms with van der Waals surface area (Å²) in [4.78, 5) is 22.6. The van der Waals surface area contributed by atoms with Gasteiger partial charge in [0.2, 0.25) is 10.0 Å². The lowest BCUT2D eigenvalue weighted by molar-refractivity contribution is -0.384. The van der Waals surface area contributed by atoms with E-state index >= 15 is 0 Å². The number of non-ortho nitro benzene ring substituents is 1. The molecule has 2 aromatic carbocycles. The third-order valence-electron chi connectivity index (χ3n) is 4.26. The van der Waals surface area contributed by atoms with Crippen LogP contribution in [0.25, 0.3) is 0 Å². The molecule has 142 valence electrons. The highest BCUT2D eigenvalue weighted by atomic mass is 32.2. The first-order valence-corrected chi connectivity index (χ1v) is 9.82. The van der Waals surface area contributed by atoms with Crippen molar-refractivity contribution in [2.75, 3.05) is 13.1 Å². The molecule has 9 heteroatoms. The van der Waals surface area contributed by atoms with Gasteiger partial charge in [-0.1, -0.05) is 18.2 Å². The summed E-state index contributed by atoms with van der Waals surface area (Å²) in [5.74, 6) is -0.694. The fourth-order valence-electron chi connectivity index (χ4n) is 2.85. The molecule has 0 saturated carbocycles. The van der Waals surface area contributed by atoms with Gasteiger partial charge in [0.25, 0.3) is 5.69 Å². The van der Waals surface area contributed by atoms with Crippen molar-refractivity contribution in [1.82, 2.24) is 4.31 Å². The number of nitro benzene ring substituents is 1. The third-order valence-corrected chi connectivity index (χ3v) is 6.16. The zero-order chi connectivity index (χ0) is 19.4. The summed E-state index contributed by atoms with van der Waals surface area (Å²) in [5.41, 5.74) is 0.487. The number of sulfonamides is 1. The number of benzene rings is 2. The number of hydrogen-bond acceptors (Lipinski definition) is 6. The Kier molecular flexibility index (Phi) is 5.52. The molecule has 27 heavy (non-hydrogen) atoms. The number of hydrogen-bond donors (Lipinski definition) is 0. The second-order valence-corrected chi connectivity index (χ2v) is 8.08. The van der Waals surface area contributed by atoms with Gasteiger partial charge in [0.1, 0.15) is 6.61 Å². The predicted octanol–water partition coefficient (Wildman–Crippen LogP) is 2.74. The minimum absolute atomic E-state index is 0.0502. The van der Waals surface area contributed by atoms with Crippen LogP contribution < -0.4 is 0 Å². The maximum atomic E-state index is 12.6. The molecule has 0 aromatic heterocycles. The number of ether oxygens (including phenoxy) is 1. The Labute approximate surface area is 156 Å². The Bertz CT molecular complexity index is 967. The van der Waals surface area contributed by atoms with Gasteiger partial charge in [0.15, 0.2) is 0 Å². The Morgan fingerprint density at radius 1 is 1.11 bits per heavy atom. The van der Waals surface area contributed by atoms with Crippen LogP contribution in [-0.2, 0) is 21.4 Å². The zero-order valence-electron chi connectivity index (χ0n) is 14.4. The lowest BCUT2D eigenvalue weighted by atomic mass is 10.2. The van der Waals surface area contributed by atoms with E-state index in [1.807, 2.05) is 0 Å². The fraction of sp³-hybridized carbons (Fsp3) is 0.278. The molecule has 0 spiro atoms. The van der Waals surface area contributed by atoms with Crippen LogP contribution in [0.5, 0.6) is 0 Å².